The summed E-state index contributed by atoms with van der Waals surface area (Å²) in [5, 5.41) is 9.25. The van der Waals surface area contributed by atoms with Crippen LogP contribution >= 0.6 is 0 Å². The van der Waals surface area contributed by atoms with Crippen molar-refractivity contribution in [1.82, 2.24) is 9.80 Å². The molecule has 5 unspecified atom stereocenters. The van der Waals surface area contributed by atoms with Gasteiger partial charge in [-0.05, 0) is 38.9 Å². The lowest BCUT2D eigenvalue weighted by atomic mass is 9.90. The van der Waals surface area contributed by atoms with Crippen LogP contribution in [0.4, 0.5) is 0 Å². The van der Waals surface area contributed by atoms with E-state index in [4.69, 9.17) is 4.74 Å². The number of ether oxygens (including phenoxy) is 1. The van der Waals surface area contributed by atoms with Crippen LogP contribution in [0.25, 0.3) is 0 Å². The maximum Gasteiger partial charge on any atom is 0.310 e. The summed E-state index contributed by atoms with van der Waals surface area (Å²) in [5.74, 6) is -0.346. The van der Waals surface area contributed by atoms with Gasteiger partial charge in [-0.1, -0.05) is 0 Å². The first kappa shape index (κ1) is 12.4. The molecule has 0 aromatic rings. The van der Waals surface area contributed by atoms with E-state index in [1.54, 1.807) is 0 Å². The van der Waals surface area contributed by atoms with Gasteiger partial charge in [-0.2, -0.15) is 0 Å². The summed E-state index contributed by atoms with van der Waals surface area (Å²) < 4.78 is 5.39. The maximum absolute atomic E-state index is 11.2. The highest BCUT2D eigenvalue weighted by Gasteiger charge is 2.43. The van der Waals surface area contributed by atoms with Gasteiger partial charge in [0.15, 0.2) is 0 Å². The van der Waals surface area contributed by atoms with E-state index in [-0.39, 0.29) is 12.0 Å². The first-order chi connectivity index (χ1) is 8.66. The Kier molecular flexibility index (Phi) is 3.30. The molecule has 0 aromatic carbocycles. The standard InChI is InChI=1S/C13H22N2O3/c1-14(12-8-18-7-10(12)13(16)17)11-3-5-15-4-2-9(11)6-15/h9-12H,2-8H2,1H3,(H,16,17). The predicted octanol–water partition coefficient (Wildman–Crippen LogP) is 0.112. The molecule has 3 aliphatic heterocycles. The van der Waals surface area contributed by atoms with Crippen LogP contribution in [-0.4, -0.2) is 72.9 Å². The number of carboxylic acid groups (broad SMARTS) is 1. The summed E-state index contributed by atoms with van der Waals surface area (Å²) >= 11 is 0. The van der Waals surface area contributed by atoms with Crippen molar-refractivity contribution >= 4 is 5.97 Å². The number of aliphatic carboxylic acids is 1. The van der Waals surface area contributed by atoms with Crippen molar-refractivity contribution in [2.75, 3.05) is 39.9 Å². The van der Waals surface area contributed by atoms with E-state index < -0.39 is 5.97 Å². The second kappa shape index (κ2) is 4.79. The van der Waals surface area contributed by atoms with Gasteiger partial charge in [0, 0.05) is 18.6 Å². The Bertz CT molecular complexity index is 336. The van der Waals surface area contributed by atoms with Crippen LogP contribution in [-0.2, 0) is 9.53 Å². The van der Waals surface area contributed by atoms with Crippen molar-refractivity contribution in [3.63, 3.8) is 0 Å². The number of nitrogens with zero attached hydrogens (tertiary/aromatic N) is 2. The molecule has 5 atom stereocenters. The zero-order chi connectivity index (χ0) is 12.7. The molecule has 3 saturated heterocycles. The molecule has 5 nitrogen and oxygen atoms in total. The summed E-state index contributed by atoms with van der Waals surface area (Å²) in [6.07, 6.45) is 2.43. The molecular formula is C13H22N2O3. The Labute approximate surface area is 108 Å². The third-order valence-corrected chi connectivity index (χ3v) is 5.01. The molecule has 18 heavy (non-hydrogen) atoms. The second-order valence-corrected chi connectivity index (χ2v) is 5.92. The van der Waals surface area contributed by atoms with Gasteiger partial charge in [-0.3, -0.25) is 9.69 Å². The fraction of sp³-hybridized carbons (Fsp3) is 0.923. The molecule has 0 saturated carbocycles. The average Bonchev–Trinajstić information content (AvgIpc) is 2.96. The minimum absolute atomic E-state index is 0.0552. The van der Waals surface area contributed by atoms with Crippen LogP contribution in [0.15, 0.2) is 0 Å². The van der Waals surface area contributed by atoms with Crippen LogP contribution in [0.1, 0.15) is 12.8 Å². The van der Waals surface area contributed by atoms with Gasteiger partial charge >= 0.3 is 5.97 Å². The molecule has 0 amide bonds. The first-order valence-corrected chi connectivity index (χ1v) is 6.91. The molecule has 3 fully saturated rings. The molecule has 3 rings (SSSR count). The maximum atomic E-state index is 11.2. The SMILES string of the molecule is CN(C1CCN2CCC1C2)C1COCC1C(=O)O. The quantitative estimate of drug-likeness (QED) is 0.775. The molecule has 102 valence electrons. The third-order valence-electron chi connectivity index (χ3n) is 5.01. The summed E-state index contributed by atoms with van der Waals surface area (Å²) in [6.45, 7) is 4.52. The fourth-order valence-corrected chi connectivity index (χ4v) is 3.89. The Morgan fingerprint density at radius 2 is 2.06 bits per heavy atom. The number of fused-ring (bicyclic) bond motifs is 2. The minimum Gasteiger partial charge on any atom is -0.481 e. The second-order valence-electron chi connectivity index (χ2n) is 5.92. The molecule has 5 heteroatoms. The topological polar surface area (TPSA) is 53.0 Å². The van der Waals surface area contributed by atoms with Gasteiger partial charge < -0.3 is 14.7 Å². The molecule has 0 aromatic heterocycles. The zero-order valence-electron chi connectivity index (χ0n) is 10.9. The molecule has 3 heterocycles. The summed E-state index contributed by atoms with van der Waals surface area (Å²) in [4.78, 5) is 16.1. The number of carboxylic acids is 1. The molecule has 0 spiro atoms. The van der Waals surface area contributed by atoms with Crippen molar-refractivity contribution in [2.24, 2.45) is 11.8 Å². The van der Waals surface area contributed by atoms with Crippen LogP contribution in [0.2, 0.25) is 0 Å². The van der Waals surface area contributed by atoms with E-state index in [1.165, 1.54) is 25.9 Å². The van der Waals surface area contributed by atoms with E-state index in [0.717, 1.165) is 12.5 Å². The summed E-state index contributed by atoms with van der Waals surface area (Å²) in [6, 6.07) is 0.594. The van der Waals surface area contributed by atoms with Gasteiger partial charge in [0.05, 0.1) is 19.1 Å². The summed E-state index contributed by atoms with van der Waals surface area (Å²) in [5.41, 5.74) is 0. The molecule has 0 radical (unpaired) electrons. The number of hydrogen-bond donors (Lipinski definition) is 1. The van der Waals surface area contributed by atoms with Crippen molar-refractivity contribution < 1.29 is 14.6 Å². The Morgan fingerprint density at radius 3 is 2.83 bits per heavy atom. The van der Waals surface area contributed by atoms with Gasteiger partial charge in [0.2, 0.25) is 0 Å². The summed E-state index contributed by atoms with van der Waals surface area (Å²) in [7, 11) is 2.09. The lowest BCUT2D eigenvalue weighted by Gasteiger charge is -2.40. The highest BCUT2D eigenvalue weighted by atomic mass is 16.5. The van der Waals surface area contributed by atoms with Crippen LogP contribution in [0.3, 0.4) is 0 Å². The predicted molar refractivity (Wildman–Crippen MR) is 66.4 cm³/mol. The van der Waals surface area contributed by atoms with Gasteiger partial charge in [-0.25, -0.2) is 0 Å². The molecule has 1 N–H and O–H groups in total. The minimum atomic E-state index is -0.715. The molecular weight excluding hydrogens is 232 g/mol. The van der Waals surface area contributed by atoms with Crippen LogP contribution in [0, 0.1) is 11.8 Å². The van der Waals surface area contributed by atoms with E-state index in [2.05, 4.69) is 16.8 Å². The van der Waals surface area contributed by atoms with Gasteiger partial charge in [-0.15, -0.1) is 0 Å². The average molecular weight is 254 g/mol. The first-order valence-electron chi connectivity index (χ1n) is 6.91. The number of rotatable bonds is 3. The largest absolute Gasteiger partial charge is 0.481 e. The van der Waals surface area contributed by atoms with Crippen LogP contribution in [0.5, 0.6) is 0 Å². The highest BCUT2D eigenvalue weighted by Crippen LogP contribution is 2.33. The molecule has 3 aliphatic rings. The lowest BCUT2D eigenvalue weighted by Crippen LogP contribution is -2.52. The van der Waals surface area contributed by atoms with E-state index in [9.17, 15) is 9.90 Å². The van der Waals surface area contributed by atoms with E-state index in [0.29, 0.717) is 19.3 Å². The van der Waals surface area contributed by atoms with Gasteiger partial charge in [0.1, 0.15) is 0 Å². The Hall–Kier alpha value is -0.650. The Morgan fingerprint density at radius 1 is 1.28 bits per heavy atom. The Balaban J connectivity index is 1.69. The van der Waals surface area contributed by atoms with Crippen molar-refractivity contribution in [3.05, 3.63) is 0 Å². The van der Waals surface area contributed by atoms with Crippen molar-refractivity contribution in [1.29, 1.82) is 0 Å². The smallest absolute Gasteiger partial charge is 0.310 e. The van der Waals surface area contributed by atoms with Crippen LogP contribution < -0.4 is 0 Å². The van der Waals surface area contributed by atoms with Crippen molar-refractivity contribution in [3.8, 4) is 0 Å². The number of piperidine rings is 1. The lowest BCUT2D eigenvalue weighted by molar-refractivity contribution is -0.143. The van der Waals surface area contributed by atoms with Crippen molar-refractivity contribution in [2.45, 2.75) is 24.9 Å². The third kappa shape index (κ3) is 2.04. The van der Waals surface area contributed by atoms with E-state index >= 15 is 0 Å². The fourth-order valence-electron chi connectivity index (χ4n) is 3.89. The van der Waals surface area contributed by atoms with Gasteiger partial charge in [0.25, 0.3) is 0 Å². The normalized spacial score (nSPS) is 43.6. The number of likely N-dealkylation sites (N-methyl/N-ethyl adjacent to an activating group) is 1. The monoisotopic (exact) mass is 254 g/mol. The highest BCUT2D eigenvalue weighted by molar-refractivity contribution is 5.71. The zero-order valence-corrected chi connectivity index (χ0v) is 10.9. The van der Waals surface area contributed by atoms with E-state index in [1.807, 2.05) is 0 Å². The molecule has 2 bridgehead atoms. The number of hydrogen-bond acceptors (Lipinski definition) is 4. The molecule has 0 aliphatic carbocycles. The number of carbonyl (C=O) groups is 1.